The van der Waals surface area contributed by atoms with Crippen molar-refractivity contribution < 1.29 is 43.9 Å². The lowest BCUT2D eigenvalue weighted by atomic mass is 9.83. The molecule has 0 aromatic heterocycles. The molecular formula is C8H8F10. The third-order valence-electron chi connectivity index (χ3n) is 2.19. The number of hydrogen-bond acceptors (Lipinski definition) is 0. The molecule has 0 N–H and O–H groups in total. The van der Waals surface area contributed by atoms with E-state index < -0.39 is 37.0 Å². The first-order valence-electron chi connectivity index (χ1n) is 4.54. The van der Waals surface area contributed by atoms with Crippen LogP contribution in [0.5, 0.6) is 0 Å². The van der Waals surface area contributed by atoms with Crippen LogP contribution in [0.25, 0.3) is 0 Å². The molecule has 0 bridgehead atoms. The maximum atomic E-state index is 12.0. The summed E-state index contributed by atoms with van der Waals surface area (Å²) in [6, 6.07) is 0. The van der Waals surface area contributed by atoms with Crippen molar-refractivity contribution in [1.82, 2.24) is 0 Å². The second-order valence-corrected chi connectivity index (χ2v) is 3.58. The van der Waals surface area contributed by atoms with Gasteiger partial charge in [-0.2, -0.15) is 35.1 Å². The summed E-state index contributed by atoms with van der Waals surface area (Å²) in [7, 11) is 0. The average molecular weight is 294 g/mol. The summed E-state index contributed by atoms with van der Waals surface area (Å²) in [6.45, 7) is -2.70. The van der Waals surface area contributed by atoms with Gasteiger partial charge in [0.1, 0.15) is 6.17 Å². The van der Waals surface area contributed by atoms with E-state index in [9.17, 15) is 43.9 Å². The summed E-state index contributed by atoms with van der Waals surface area (Å²) < 4.78 is 112. The Labute approximate surface area is 94.9 Å². The Balaban J connectivity index is 0.000000321. The second kappa shape index (κ2) is 5.52. The Morgan fingerprint density at radius 1 is 0.833 bits per heavy atom. The van der Waals surface area contributed by atoms with Crippen molar-refractivity contribution in [2.45, 2.75) is 37.3 Å². The van der Waals surface area contributed by atoms with Gasteiger partial charge in [-0.15, -0.1) is 0 Å². The van der Waals surface area contributed by atoms with E-state index in [4.69, 9.17) is 0 Å². The molecule has 1 saturated carbocycles. The Morgan fingerprint density at radius 3 is 1.28 bits per heavy atom. The molecule has 0 radical (unpaired) electrons. The Hall–Kier alpha value is -0.700. The molecule has 10 heteroatoms. The summed E-state index contributed by atoms with van der Waals surface area (Å²) >= 11 is 0. The highest BCUT2D eigenvalue weighted by Crippen LogP contribution is 2.42. The van der Waals surface area contributed by atoms with Gasteiger partial charge in [0.2, 0.25) is 0 Å². The average Bonchev–Trinajstić information content (AvgIpc) is 2.12. The molecule has 0 aliphatic heterocycles. The summed E-state index contributed by atoms with van der Waals surface area (Å²) in [5.74, 6) is -6.86. The number of rotatable bonds is 1. The van der Waals surface area contributed by atoms with E-state index in [0.717, 1.165) is 0 Å². The first-order valence-corrected chi connectivity index (χ1v) is 4.54. The topological polar surface area (TPSA) is 0 Å². The van der Waals surface area contributed by atoms with Crippen LogP contribution in [0, 0.1) is 5.92 Å². The highest BCUT2D eigenvalue weighted by atomic mass is 19.4. The van der Waals surface area contributed by atoms with Crippen LogP contribution in [-0.4, -0.2) is 31.1 Å². The molecule has 0 aromatic rings. The van der Waals surface area contributed by atoms with Gasteiger partial charge >= 0.3 is 18.3 Å². The minimum absolute atomic E-state index is 0.0370. The predicted octanol–water partition coefficient (Wildman–Crippen LogP) is 4.45. The molecule has 1 rings (SSSR count). The lowest BCUT2D eigenvalue weighted by Gasteiger charge is -2.31. The van der Waals surface area contributed by atoms with Crippen molar-refractivity contribution in [3.8, 4) is 0 Å². The molecule has 2 unspecified atom stereocenters. The van der Waals surface area contributed by atoms with E-state index >= 15 is 0 Å². The highest BCUT2D eigenvalue weighted by molar-refractivity contribution is 4.85. The van der Waals surface area contributed by atoms with Gasteiger partial charge in [-0.05, 0) is 12.8 Å². The van der Waals surface area contributed by atoms with Gasteiger partial charge in [-0.1, -0.05) is 0 Å². The molecule has 18 heavy (non-hydrogen) atoms. The van der Waals surface area contributed by atoms with Gasteiger partial charge in [-0.3, -0.25) is 0 Å². The fourth-order valence-corrected chi connectivity index (χ4v) is 0.904. The van der Waals surface area contributed by atoms with E-state index in [1.807, 2.05) is 0 Å². The van der Waals surface area contributed by atoms with Gasteiger partial charge in [0.25, 0.3) is 0 Å². The van der Waals surface area contributed by atoms with Gasteiger partial charge in [0, 0.05) is 0 Å². The molecule has 110 valence electrons. The maximum Gasteiger partial charge on any atom is 0.456 e. The summed E-state index contributed by atoms with van der Waals surface area (Å²) in [5, 5.41) is 0. The summed E-state index contributed by atoms with van der Waals surface area (Å²) in [5.41, 5.74) is 0. The Morgan fingerprint density at radius 2 is 1.28 bits per heavy atom. The van der Waals surface area contributed by atoms with Crippen LogP contribution >= 0.6 is 0 Å². The molecule has 0 aromatic carbocycles. The zero-order valence-electron chi connectivity index (χ0n) is 8.56. The number of hydrogen-bond donors (Lipinski definition) is 0. The SMILES string of the molecule is FC1CCC1C(F)(F)F.FCC(F)(F)C(F)(F)F. The van der Waals surface area contributed by atoms with E-state index in [0.29, 0.717) is 0 Å². The first-order chi connectivity index (χ1) is 7.83. The van der Waals surface area contributed by atoms with Crippen molar-refractivity contribution in [3.05, 3.63) is 0 Å². The quantitative estimate of drug-likeness (QED) is 0.627. The minimum atomic E-state index is -5.76. The fourth-order valence-electron chi connectivity index (χ4n) is 0.904. The van der Waals surface area contributed by atoms with E-state index in [2.05, 4.69) is 0 Å². The summed E-state index contributed by atoms with van der Waals surface area (Å²) in [6.07, 6.45) is -11.7. The highest BCUT2D eigenvalue weighted by Gasteiger charge is 2.57. The molecule has 0 saturated heterocycles. The smallest absolute Gasteiger partial charge is 0.247 e. The fraction of sp³-hybridized carbons (Fsp3) is 1.00. The molecule has 1 fully saturated rings. The molecule has 0 heterocycles. The molecular weight excluding hydrogens is 286 g/mol. The van der Waals surface area contributed by atoms with E-state index in [1.54, 1.807) is 0 Å². The minimum Gasteiger partial charge on any atom is -0.247 e. The third kappa shape index (κ3) is 4.52. The van der Waals surface area contributed by atoms with Crippen molar-refractivity contribution >= 4 is 0 Å². The molecule has 2 atom stereocenters. The third-order valence-corrected chi connectivity index (χ3v) is 2.19. The molecule has 0 amide bonds. The van der Waals surface area contributed by atoms with Gasteiger partial charge in [-0.25, -0.2) is 8.78 Å². The van der Waals surface area contributed by atoms with Crippen LogP contribution in [-0.2, 0) is 0 Å². The van der Waals surface area contributed by atoms with Crippen molar-refractivity contribution in [2.24, 2.45) is 5.92 Å². The van der Waals surface area contributed by atoms with Gasteiger partial charge in [0.05, 0.1) is 5.92 Å². The monoisotopic (exact) mass is 294 g/mol. The predicted molar refractivity (Wildman–Crippen MR) is 40.7 cm³/mol. The molecule has 1 aliphatic carbocycles. The van der Waals surface area contributed by atoms with E-state index in [1.165, 1.54) is 0 Å². The standard InChI is InChI=1S/C5H6F4.C3H2F6/c6-4-2-1-3(4)5(7,8)9;4-1-2(5,6)3(7,8)9/h3-4H,1-2H2;1H2. The Kier molecular flexibility index (Phi) is 5.30. The molecule has 0 spiro atoms. The van der Waals surface area contributed by atoms with Crippen molar-refractivity contribution in [3.63, 3.8) is 0 Å². The second-order valence-electron chi connectivity index (χ2n) is 3.58. The zero-order valence-corrected chi connectivity index (χ0v) is 8.56. The van der Waals surface area contributed by atoms with E-state index in [-0.39, 0.29) is 12.8 Å². The van der Waals surface area contributed by atoms with Gasteiger partial charge < -0.3 is 0 Å². The van der Waals surface area contributed by atoms with Crippen LogP contribution in [0.2, 0.25) is 0 Å². The van der Waals surface area contributed by atoms with Crippen LogP contribution in [0.3, 0.4) is 0 Å². The van der Waals surface area contributed by atoms with Crippen LogP contribution < -0.4 is 0 Å². The summed E-state index contributed by atoms with van der Waals surface area (Å²) in [4.78, 5) is 0. The van der Waals surface area contributed by atoms with Crippen LogP contribution in [0.1, 0.15) is 12.8 Å². The van der Waals surface area contributed by atoms with Crippen LogP contribution in [0.15, 0.2) is 0 Å². The largest absolute Gasteiger partial charge is 0.456 e. The molecule has 0 nitrogen and oxygen atoms in total. The van der Waals surface area contributed by atoms with Gasteiger partial charge in [0.15, 0.2) is 6.67 Å². The number of halogens is 10. The zero-order chi connectivity index (χ0) is 14.8. The normalized spacial score (nSPS) is 25.0. The Bertz CT molecular complexity index is 252. The van der Waals surface area contributed by atoms with Crippen molar-refractivity contribution in [2.75, 3.05) is 6.67 Å². The number of alkyl halides is 10. The van der Waals surface area contributed by atoms with Crippen LogP contribution in [0.4, 0.5) is 43.9 Å². The van der Waals surface area contributed by atoms with Crippen molar-refractivity contribution in [1.29, 1.82) is 0 Å². The first kappa shape index (κ1) is 17.3. The maximum absolute atomic E-state index is 12.0. The molecule has 1 aliphatic rings. The lowest BCUT2D eigenvalue weighted by Crippen LogP contribution is -2.39. The lowest BCUT2D eigenvalue weighted by molar-refractivity contribution is -0.286.